The van der Waals surface area contributed by atoms with Gasteiger partial charge in [0.15, 0.2) is 0 Å². The fraction of sp³-hybridized carbons (Fsp3) is 0.310. The third kappa shape index (κ3) is 4.90. The molecule has 3 heterocycles. The predicted molar refractivity (Wildman–Crippen MR) is 148 cm³/mol. The molecular formula is C29H31N5O5. The highest BCUT2D eigenvalue weighted by Gasteiger charge is 2.37. The highest BCUT2D eigenvalue weighted by molar-refractivity contribution is 6.09. The van der Waals surface area contributed by atoms with Gasteiger partial charge in [-0.05, 0) is 55.1 Å². The van der Waals surface area contributed by atoms with E-state index in [1.807, 2.05) is 24.3 Å². The van der Waals surface area contributed by atoms with Gasteiger partial charge in [0.1, 0.15) is 11.8 Å². The molecule has 39 heavy (non-hydrogen) atoms. The maximum atomic E-state index is 14.2. The van der Waals surface area contributed by atoms with Gasteiger partial charge < -0.3 is 30.5 Å². The summed E-state index contributed by atoms with van der Waals surface area (Å²) in [6, 6.07) is 14.7. The second-order valence-corrected chi connectivity index (χ2v) is 9.68. The minimum Gasteiger partial charge on any atom is -0.496 e. The Morgan fingerprint density at radius 2 is 1.79 bits per heavy atom. The monoisotopic (exact) mass is 529 g/mol. The van der Waals surface area contributed by atoms with E-state index in [0.29, 0.717) is 22.7 Å². The maximum Gasteiger partial charge on any atom is 0.251 e. The number of likely N-dealkylation sites (N-methyl/N-ethyl adjacent to an activating group) is 1. The van der Waals surface area contributed by atoms with Gasteiger partial charge in [-0.15, -0.1) is 0 Å². The molecule has 202 valence electrons. The van der Waals surface area contributed by atoms with Crippen molar-refractivity contribution in [2.24, 2.45) is 0 Å². The quantitative estimate of drug-likeness (QED) is 0.475. The van der Waals surface area contributed by atoms with Crippen molar-refractivity contribution in [3.05, 3.63) is 65.7 Å². The highest BCUT2D eigenvalue weighted by Crippen LogP contribution is 2.37. The van der Waals surface area contributed by atoms with Gasteiger partial charge in [0, 0.05) is 24.1 Å². The summed E-state index contributed by atoms with van der Waals surface area (Å²) in [4.78, 5) is 56.6. The summed E-state index contributed by atoms with van der Waals surface area (Å²) >= 11 is 0. The smallest absolute Gasteiger partial charge is 0.251 e. The Labute approximate surface area is 226 Å². The molecule has 3 aromatic carbocycles. The van der Waals surface area contributed by atoms with Gasteiger partial charge in [-0.3, -0.25) is 19.2 Å². The summed E-state index contributed by atoms with van der Waals surface area (Å²) in [6.07, 6.45) is 0.0195. The zero-order chi connectivity index (χ0) is 27.7. The van der Waals surface area contributed by atoms with Crippen molar-refractivity contribution in [1.29, 1.82) is 0 Å². The van der Waals surface area contributed by atoms with Gasteiger partial charge in [-0.2, -0.15) is 0 Å². The minimum absolute atomic E-state index is 0.0195. The van der Waals surface area contributed by atoms with Gasteiger partial charge in [-0.25, -0.2) is 0 Å². The highest BCUT2D eigenvalue weighted by atomic mass is 16.5. The van der Waals surface area contributed by atoms with E-state index in [-0.39, 0.29) is 49.7 Å². The van der Waals surface area contributed by atoms with Crippen molar-refractivity contribution in [2.45, 2.75) is 32.0 Å². The van der Waals surface area contributed by atoms with Gasteiger partial charge >= 0.3 is 0 Å². The Bertz CT molecular complexity index is 1470. The number of hydrogen-bond acceptors (Lipinski definition) is 6. The van der Waals surface area contributed by atoms with Crippen molar-refractivity contribution in [3.63, 3.8) is 0 Å². The van der Waals surface area contributed by atoms with Crippen molar-refractivity contribution < 1.29 is 23.9 Å². The number of hydrogen-bond donors (Lipinski definition) is 3. The molecule has 0 radical (unpaired) electrons. The van der Waals surface area contributed by atoms with E-state index >= 15 is 0 Å². The first kappa shape index (κ1) is 26.2. The molecule has 3 N–H and O–H groups in total. The molecule has 0 aromatic heterocycles. The van der Waals surface area contributed by atoms with Gasteiger partial charge in [0.25, 0.3) is 11.8 Å². The first-order valence-electron chi connectivity index (χ1n) is 12.9. The fourth-order valence-corrected chi connectivity index (χ4v) is 5.07. The van der Waals surface area contributed by atoms with Gasteiger partial charge in [0.05, 0.1) is 37.6 Å². The van der Waals surface area contributed by atoms with Crippen LogP contribution in [0.5, 0.6) is 5.75 Å². The van der Waals surface area contributed by atoms with E-state index < -0.39 is 12.1 Å². The molecule has 4 amide bonds. The van der Waals surface area contributed by atoms with Crippen LogP contribution in [0.2, 0.25) is 0 Å². The van der Waals surface area contributed by atoms with Crippen LogP contribution in [0.4, 0.5) is 11.4 Å². The summed E-state index contributed by atoms with van der Waals surface area (Å²) < 4.78 is 5.70. The molecule has 2 atom stereocenters. The van der Waals surface area contributed by atoms with Crippen LogP contribution in [0.1, 0.15) is 29.3 Å². The van der Waals surface area contributed by atoms with Crippen LogP contribution in [0, 0.1) is 0 Å². The minimum atomic E-state index is -1.00. The van der Waals surface area contributed by atoms with E-state index in [9.17, 15) is 19.2 Å². The van der Waals surface area contributed by atoms with E-state index in [1.54, 1.807) is 56.3 Å². The van der Waals surface area contributed by atoms with Crippen LogP contribution in [0.25, 0.3) is 10.8 Å². The predicted octanol–water partition coefficient (Wildman–Crippen LogP) is 1.95. The SMILES string of the molecule is CN[C@@H](C)C(=O)N[C@H]1CN2C(=O)CCNC(=O)c3ccc4c(c(OC)ccc4c3)CN(C1=O)c1ccccc12. The molecule has 0 fully saturated rings. The molecule has 0 saturated heterocycles. The zero-order valence-electron chi connectivity index (χ0n) is 22.1. The number of para-hydroxylation sites is 2. The average Bonchev–Trinajstić information content (AvgIpc) is 3.06. The Hall–Kier alpha value is -4.44. The average molecular weight is 530 g/mol. The van der Waals surface area contributed by atoms with Crippen molar-refractivity contribution in [1.82, 2.24) is 16.0 Å². The van der Waals surface area contributed by atoms with Crippen LogP contribution in [-0.2, 0) is 20.9 Å². The number of amides is 4. The molecule has 3 aliphatic heterocycles. The third-order valence-corrected chi connectivity index (χ3v) is 7.35. The standard InChI is InChI=1S/C29H31N5O5/c1-17(30-2)27(36)32-22-16-33-23-6-4-5-7-24(23)34(29(22)38)15-21-20-10-8-19(28(37)31-13-12-26(33)35)14-18(20)9-11-25(21)39-3/h4-11,14,17,22,30H,12-13,15-16H2,1-3H3,(H,31,37)(H,32,36)/t17-,22-/m0/s1. The lowest BCUT2D eigenvalue weighted by Crippen LogP contribution is -2.55. The zero-order valence-corrected chi connectivity index (χ0v) is 22.1. The number of anilines is 2. The van der Waals surface area contributed by atoms with Crippen molar-refractivity contribution in [2.75, 3.05) is 37.0 Å². The van der Waals surface area contributed by atoms with Crippen LogP contribution < -0.4 is 30.5 Å². The Morgan fingerprint density at radius 1 is 1.05 bits per heavy atom. The van der Waals surface area contributed by atoms with Crippen LogP contribution in [0.15, 0.2) is 54.6 Å². The number of nitrogens with zero attached hydrogens (tertiary/aromatic N) is 2. The lowest BCUT2D eigenvalue weighted by molar-refractivity contribution is -0.128. The van der Waals surface area contributed by atoms with E-state index in [1.165, 1.54) is 4.90 Å². The number of carbonyl (C=O) groups is 4. The number of methoxy groups -OCH3 is 1. The molecule has 6 bridgehead atoms. The molecule has 10 nitrogen and oxygen atoms in total. The first-order chi connectivity index (χ1) is 18.8. The molecule has 3 aromatic rings. The number of rotatable bonds is 4. The van der Waals surface area contributed by atoms with Crippen molar-refractivity contribution >= 4 is 45.8 Å². The van der Waals surface area contributed by atoms with Gasteiger partial charge in [0.2, 0.25) is 11.8 Å². The fourth-order valence-electron chi connectivity index (χ4n) is 5.07. The molecule has 3 aliphatic rings. The van der Waals surface area contributed by atoms with E-state index in [4.69, 9.17) is 4.74 Å². The molecule has 0 saturated carbocycles. The molecule has 0 spiro atoms. The topological polar surface area (TPSA) is 120 Å². The van der Waals surface area contributed by atoms with Gasteiger partial charge in [-0.1, -0.05) is 24.3 Å². The number of fused-ring (bicyclic) bond motifs is 5. The Kier molecular flexibility index (Phi) is 7.21. The summed E-state index contributed by atoms with van der Waals surface area (Å²) in [7, 11) is 3.23. The molecule has 0 aliphatic carbocycles. The Morgan fingerprint density at radius 3 is 2.51 bits per heavy atom. The lowest BCUT2D eigenvalue weighted by atomic mass is 9.99. The van der Waals surface area contributed by atoms with Crippen LogP contribution >= 0.6 is 0 Å². The summed E-state index contributed by atoms with van der Waals surface area (Å²) in [6.45, 7) is 1.89. The van der Waals surface area contributed by atoms with Crippen LogP contribution in [0.3, 0.4) is 0 Å². The number of nitrogens with one attached hydrogen (secondary N) is 3. The van der Waals surface area contributed by atoms with Crippen LogP contribution in [-0.4, -0.2) is 63.0 Å². The largest absolute Gasteiger partial charge is 0.496 e. The summed E-state index contributed by atoms with van der Waals surface area (Å²) in [5.41, 5.74) is 2.32. The summed E-state index contributed by atoms with van der Waals surface area (Å²) in [5, 5.41) is 10.2. The lowest BCUT2D eigenvalue weighted by Gasteiger charge is -2.27. The van der Waals surface area contributed by atoms with E-state index in [0.717, 1.165) is 16.3 Å². The Balaban J connectivity index is 1.71. The molecule has 10 heteroatoms. The number of ether oxygens (including phenoxy) is 1. The first-order valence-corrected chi connectivity index (χ1v) is 12.9. The van der Waals surface area contributed by atoms with E-state index in [2.05, 4.69) is 16.0 Å². The van der Waals surface area contributed by atoms with Crippen molar-refractivity contribution in [3.8, 4) is 5.75 Å². The third-order valence-electron chi connectivity index (χ3n) is 7.35. The number of carbonyl (C=O) groups excluding carboxylic acids is 4. The summed E-state index contributed by atoms with van der Waals surface area (Å²) in [5.74, 6) is -0.672. The number of benzene rings is 3. The normalized spacial score (nSPS) is 18.3. The second kappa shape index (κ2) is 10.7. The maximum absolute atomic E-state index is 14.2. The second-order valence-electron chi connectivity index (χ2n) is 9.68. The molecular weight excluding hydrogens is 498 g/mol. The molecule has 0 unspecified atom stereocenters. The molecule has 6 rings (SSSR count).